The normalized spacial score (nSPS) is 29.6. The lowest BCUT2D eigenvalue weighted by Crippen LogP contribution is -2.37. The molecule has 0 unspecified atom stereocenters. The Morgan fingerprint density at radius 3 is 2.50 bits per heavy atom. The maximum absolute atomic E-state index is 10.9. The summed E-state index contributed by atoms with van der Waals surface area (Å²) in [6.45, 7) is 5.59. The number of aliphatic hydroxyl groups excluding tert-OH is 2. The van der Waals surface area contributed by atoms with Gasteiger partial charge in [-0.05, 0) is 61.6 Å². The van der Waals surface area contributed by atoms with Crippen LogP contribution in [0.25, 0.3) is 0 Å². The Kier molecular flexibility index (Phi) is 5.25. The summed E-state index contributed by atoms with van der Waals surface area (Å²) in [5, 5.41) is 22.2. The predicted molar refractivity (Wildman–Crippen MR) is 105 cm³/mol. The van der Waals surface area contributed by atoms with Crippen molar-refractivity contribution in [2.24, 2.45) is 0 Å². The van der Waals surface area contributed by atoms with Crippen molar-refractivity contribution in [2.45, 2.75) is 63.7 Å². The molecular weight excluding hydrogens is 380 g/mol. The molecule has 2 aliphatic heterocycles. The highest BCUT2D eigenvalue weighted by atomic mass is 35.5. The van der Waals surface area contributed by atoms with Crippen molar-refractivity contribution >= 4 is 11.6 Å². The standard InChI is InChI=1S/C22H25ClO5/c1-12-4-7-14(11-15(12)10-13-5-8-16(23)9-6-13)17(24)19-18(25)20-21(26-19)28-22(2,3)27-20/h4-9,11,17-21,24-25H,10H2,1-3H3/t17-,18+,19-,20-,21-/m0/s1. The molecule has 2 N–H and O–H groups in total. The van der Waals surface area contributed by atoms with Gasteiger partial charge in [0.1, 0.15) is 24.4 Å². The zero-order valence-electron chi connectivity index (χ0n) is 16.1. The number of rotatable bonds is 4. The summed E-state index contributed by atoms with van der Waals surface area (Å²) >= 11 is 5.97. The van der Waals surface area contributed by atoms with Gasteiger partial charge in [0.05, 0.1) is 0 Å². The van der Waals surface area contributed by atoms with E-state index in [1.165, 1.54) is 0 Å². The molecule has 0 aromatic heterocycles. The van der Waals surface area contributed by atoms with Gasteiger partial charge in [0.2, 0.25) is 0 Å². The van der Waals surface area contributed by atoms with Gasteiger partial charge in [-0.25, -0.2) is 0 Å². The maximum atomic E-state index is 10.9. The number of hydrogen-bond donors (Lipinski definition) is 2. The van der Waals surface area contributed by atoms with E-state index in [0.29, 0.717) is 10.6 Å². The van der Waals surface area contributed by atoms with Crippen molar-refractivity contribution in [1.29, 1.82) is 0 Å². The lowest BCUT2D eigenvalue weighted by atomic mass is 9.93. The molecule has 2 aromatic rings. The van der Waals surface area contributed by atoms with Gasteiger partial charge in [0.25, 0.3) is 0 Å². The van der Waals surface area contributed by atoms with E-state index < -0.39 is 36.5 Å². The summed E-state index contributed by atoms with van der Waals surface area (Å²) in [5.41, 5.74) is 4.05. The first-order chi connectivity index (χ1) is 13.2. The van der Waals surface area contributed by atoms with Crippen molar-refractivity contribution in [2.75, 3.05) is 0 Å². The minimum absolute atomic E-state index is 0.603. The van der Waals surface area contributed by atoms with E-state index >= 15 is 0 Å². The summed E-state index contributed by atoms with van der Waals surface area (Å²) < 4.78 is 17.2. The van der Waals surface area contributed by atoms with Crippen molar-refractivity contribution in [3.8, 4) is 0 Å². The molecule has 6 heteroatoms. The lowest BCUT2D eigenvalue weighted by molar-refractivity contribution is -0.226. The molecule has 4 rings (SSSR count). The summed E-state index contributed by atoms with van der Waals surface area (Å²) in [6.07, 6.45) is -3.32. The molecule has 2 aliphatic rings. The molecule has 0 aliphatic carbocycles. The maximum Gasteiger partial charge on any atom is 0.190 e. The van der Waals surface area contributed by atoms with Gasteiger partial charge < -0.3 is 24.4 Å². The van der Waals surface area contributed by atoms with E-state index in [9.17, 15) is 10.2 Å². The summed E-state index contributed by atoms with van der Waals surface area (Å²) in [4.78, 5) is 0. The Morgan fingerprint density at radius 1 is 1.11 bits per heavy atom. The van der Waals surface area contributed by atoms with Crippen LogP contribution in [0.1, 0.15) is 42.2 Å². The van der Waals surface area contributed by atoms with Crippen molar-refractivity contribution in [3.05, 3.63) is 69.7 Å². The fraction of sp³-hybridized carbons (Fsp3) is 0.455. The van der Waals surface area contributed by atoms with Gasteiger partial charge >= 0.3 is 0 Å². The van der Waals surface area contributed by atoms with E-state index in [1.54, 1.807) is 13.8 Å². The van der Waals surface area contributed by atoms with Crippen LogP contribution in [0, 0.1) is 6.92 Å². The number of hydrogen-bond acceptors (Lipinski definition) is 5. The van der Waals surface area contributed by atoms with E-state index in [-0.39, 0.29) is 0 Å². The first-order valence-electron chi connectivity index (χ1n) is 9.44. The molecule has 2 heterocycles. The zero-order valence-corrected chi connectivity index (χ0v) is 16.9. The van der Waals surface area contributed by atoms with Crippen LogP contribution >= 0.6 is 11.6 Å². The Bertz CT molecular complexity index is 851. The quantitative estimate of drug-likeness (QED) is 0.816. The molecule has 0 bridgehead atoms. The van der Waals surface area contributed by atoms with Gasteiger partial charge in [-0.15, -0.1) is 0 Å². The Labute approximate surface area is 169 Å². The van der Waals surface area contributed by atoms with Crippen LogP contribution in [0.15, 0.2) is 42.5 Å². The molecule has 5 atom stereocenters. The third-order valence-corrected chi connectivity index (χ3v) is 5.64. The molecule has 0 radical (unpaired) electrons. The number of halogens is 1. The number of fused-ring (bicyclic) bond motifs is 1. The number of aryl methyl sites for hydroxylation is 1. The van der Waals surface area contributed by atoms with E-state index in [4.69, 9.17) is 25.8 Å². The van der Waals surface area contributed by atoms with Crippen LogP contribution in [0.3, 0.4) is 0 Å². The fourth-order valence-electron chi connectivity index (χ4n) is 3.85. The summed E-state index contributed by atoms with van der Waals surface area (Å²) in [6, 6.07) is 13.5. The van der Waals surface area contributed by atoms with Crippen molar-refractivity contribution < 1.29 is 24.4 Å². The monoisotopic (exact) mass is 404 g/mol. The van der Waals surface area contributed by atoms with Crippen LogP contribution in [0.2, 0.25) is 5.02 Å². The number of benzene rings is 2. The van der Waals surface area contributed by atoms with Crippen LogP contribution < -0.4 is 0 Å². The molecule has 150 valence electrons. The molecule has 0 saturated carbocycles. The SMILES string of the molecule is Cc1ccc([C@H](O)[C@@H]2O[C@H]3OC(C)(C)O[C@H]3[C@@H]2O)cc1Cc1ccc(Cl)cc1. The molecule has 0 amide bonds. The Balaban J connectivity index is 1.52. The lowest BCUT2D eigenvalue weighted by Gasteiger charge is -2.26. The van der Waals surface area contributed by atoms with Gasteiger partial charge in [0.15, 0.2) is 12.1 Å². The van der Waals surface area contributed by atoms with Crippen LogP contribution in [0.5, 0.6) is 0 Å². The zero-order chi connectivity index (χ0) is 20.1. The highest BCUT2D eigenvalue weighted by molar-refractivity contribution is 6.30. The van der Waals surface area contributed by atoms with Crippen molar-refractivity contribution in [1.82, 2.24) is 0 Å². The van der Waals surface area contributed by atoms with E-state index in [1.807, 2.05) is 49.4 Å². The second-order valence-electron chi connectivity index (χ2n) is 7.99. The predicted octanol–water partition coefficient (Wildman–Crippen LogP) is 3.51. The highest BCUT2D eigenvalue weighted by Gasteiger charge is 2.56. The van der Waals surface area contributed by atoms with Crippen molar-refractivity contribution in [3.63, 3.8) is 0 Å². The Hall–Kier alpha value is -1.47. The minimum atomic E-state index is -0.986. The average Bonchev–Trinajstić information content (AvgIpc) is 3.11. The van der Waals surface area contributed by atoms with E-state index in [2.05, 4.69) is 0 Å². The highest BCUT2D eigenvalue weighted by Crippen LogP contribution is 2.41. The van der Waals surface area contributed by atoms with Crippen LogP contribution in [-0.2, 0) is 20.6 Å². The molecule has 2 aromatic carbocycles. The second-order valence-corrected chi connectivity index (χ2v) is 8.43. The third kappa shape index (κ3) is 3.83. The van der Waals surface area contributed by atoms with E-state index in [0.717, 1.165) is 23.1 Å². The van der Waals surface area contributed by atoms with Gasteiger partial charge in [-0.2, -0.15) is 0 Å². The first-order valence-corrected chi connectivity index (χ1v) is 9.82. The third-order valence-electron chi connectivity index (χ3n) is 5.39. The number of aliphatic hydroxyl groups is 2. The molecule has 28 heavy (non-hydrogen) atoms. The largest absolute Gasteiger partial charge is 0.387 e. The molecule has 2 fully saturated rings. The van der Waals surface area contributed by atoms with Crippen LogP contribution in [-0.4, -0.2) is 40.6 Å². The van der Waals surface area contributed by atoms with Crippen LogP contribution in [0.4, 0.5) is 0 Å². The number of ether oxygens (including phenoxy) is 3. The molecular formula is C22H25ClO5. The fourth-order valence-corrected chi connectivity index (χ4v) is 3.98. The molecule has 5 nitrogen and oxygen atoms in total. The summed E-state index contributed by atoms with van der Waals surface area (Å²) in [7, 11) is 0. The van der Waals surface area contributed by atoms with Gasteiger partial charge in [0, 0.05) is 5.02 Å². The average molecular weight is 405 g/mol. The van der Waals surface area contributed by atoms with Gasteiger partial charge in [-0.1, -0.05) is 41.9 Å². The Morgan fingerprint density at radius 2 is 1.82 bits per heavy atom. The smallest absolute Gasteiger partial charge is 0.190 e. The minimum Gasteiger partial charge on any atom is -0.387 e. The molecule has 0 spiro atoms. The second kappa shape index (κ2) is 7.41. The molecule has 2 saturated heterocycles. The summed E-state index contributed by atoms with van der Waals surface area (Å²) in [5.74, 6) is -0.804. The first kappa shape index (κ1) is 19.8. The van der Waals surface area contributed by atoms with Gasteiger partial charge in [-0.3, -0.25) is 0 Å². The topological polar surface area (TPSA) is 68.2 Å².